The molecule has 70 valence electrons. The molecule has 0 radical (unpaired) electrons. The Hall–Kier alpha value is -1.71. The third-order valence-corrected chi connectivity index (χ3v) is 1.78. The molecule has 0 saturated heterocycles. The first-order valence-corrected chi connectivity index (χ1v) is 3.73. The topological polar surface area (TPSA) is 72.5 Å². The van der Waals surface area contributed by atoms with Crippen molar-refractivity contribution >= 4 is 11.7 Å². The number of esters is 1. The molecule has 0 saturated carbocycles. The van der Waals surface area contributed by atoms with Crippen molar-refractivity contribution in [1.82, 2.24) is 0 Å². The number of ether oxygens (including phenoxy) is 1. The lowest BCUT2D eigenvalue weighted by Gasteiger charge is -2.06. The van der Waals surface area contributed by atoms with Crippen molar-refractivity contribution in [3.63, 3.8) is 0 Å². The van der Waals surface area contributed by atoms with Crippen LogP contribution in [0.4, 0.5) is 5.69 Å². The summed E-state index contributed by atoms with van der Waals surface area (Å²) in [7, 11) is 1.27. The summed E-state index contributed by atoms with van der Waals surface area (Å²) < 4.78 is 4.50. The molecule has 1 rings (SSSR count). The minimum atomic E-state index is -0.545. The summed E-state index contributed by atoms with van der Waals surface area (Å²) in [6, 6.07) is 2.77. The maximum Gasteiger partial charge on any atom is 0.340 e. The largest absolute Gasteiger partial charge is 0.508 e. The van der Waals surface area contributed by atoms with Gasteiger partial charge in [-0.1, -0.05) is 0 Å². The zero-order valence-electron chi connectivity index (χ0n) is 7.50. The van der Waals surface area contributed by atoms with Crippen LogP contribution in [0.5, 0.6) is 5.75 Å². The number of carbonyl (C=O) groups excluding carboxylic acids is 1. The summed E-state index contributed by atoms with van der Waals surface area (Å²) in [4.78, 5) is 11.1. The molecule has 0 fully saturated rings. The van der Waals surface area contributed by atoms with E-state index in [4.69, 9.17) is 5.73 Å². The van der Waals surface area contributed by atoms with Gasteiger partial charge < -0.3 is 15.6 Å². The van der Waals surface area contributed by atoms with Gasteiger partial charge in [-0.2, -0.15) is 0 Å². The number of benzene rings is 1. The maximum absolute atomic E-state index is 11.1. The zero-order valence-corrected chi connectivity index (χ0v) is 7.50. The van der Waals surface area contributed by atoms with Crippen LogP contribution in [0.15, 0.2) is 12.1 Å². The number of methoxy groups -OCH3 is 1. The number of nitrogens with two attached hydrogens (primary N) is 1. The molecule has 1 aromatic carbocycles. The summed E-state index contributed by atoms with van der Waals surface area (Å²) >= 11 is 0. The van der Waals surface area contributed by atoms with Gasteiger partial charge in [-0.25, -0.2) is 4.79 Å². The van der Waals surface area contributed by atoms with E-state index in [0.717, 1.165) is 0 Å². The molecule has 0 unspecified atom stereocenters. The number of anilines is 1. The fraction of sp³-hybridized carbons (Fsp3) is 0.222. The van der Waals surface area contributed by atoms with Crippen LogP contribution in [0.1, 0.15) is 15.9 Å². The molecule has 0 aliphatic rings. The van der Waals surface area contributed by atoms with E-state index in [1.54, 1.807) is 6.92 Å². The minimum absolute atomic E-state index is 0.00657. The van der Waals surface area contributed by atoms with E-state index in [0.29, 0.717) is 11.3 Å². The van der Waals surface area contributed by atoms with Crippen LogP contribution < -0.4 is 5.73 Å². The molecule has 0 aliphatic heterocycles. The van der Waals surface area contributed by atoms with Gasteiger partial charge >= 0.3 is 5.97 Å². The van der Waals surface area contributed by atoms with Gasteiger partial charge in [0.2, 0.25) is 0 Å². The second-order valence-electron chi connectivity index (χ2n) is 2.72. The van der Waals surface area contributed by atoms with Crippen LogP contribution in [0, 0.1) is 6.92 Å². The Bertz CT molecular complexity index is 347. The molecule has 0 bridgehead atoms. The van der Waals surface area contributed by atoms with E-state index < -0.39 is 5.97 Å². The highest BCUT2D eigenvalue weighted by Gasteiger charge is 2.12. The van der Waals surface area contributed by atoms with Crippen molar-refractivity contribution in [2.24, 2.45) is 0 Å². The van der Waals surface area contributed by atoms with Gasteiger partial charge in [0.1, 0.15) is 5.75 Å². The predicted octanol–water partition coefficient (Wildman–Crippen LogP) is 1.07. The van der Waals surface area contributed by atoms with Gasteiger partial charge in [-0.05, 0) is 24.6 Å². The summed E-state index contributed by atoms with van der Waals surface area (Å²) in [6.07, 6.45) is 0. The predicted molar refractivity (Wildman–Crippen MR) is 48.6 cm³/mol. The maximum atomic E-state index is 11.1. The Morgan fingerprint density at radius 3 is 2.69 bits per heavy atom. The third kappa shape index (κ3) is 1.72. The molecule has 0 spiro atoms. The van der Waals surface area contributed by atoms with E-state index in [9.17, 15) is 9.90 Å². The lowest BCUT2D eigenvalue weighted by molar-refractivity contribution is 0.0601. The van der Waals surface area contributed by atoms with E-state index >= 15 is 0 Å². The van der Waals surface area contributed by atoms with Crippen LogP contribution in [-0.4, -0.2) is 18.2 Å². The normalized spacial score (nSPS) is 9.69. The SMILES string of the molecule is COC(=O)c1cc(O)cc(C)c1N. The Kier molecular flexibility index (Phi) is 2.41. The number of nitrogen functional groups attached to an aromatic ring is 1. The van der Waals surface area contributed by atoms with Crippen LogP contribution in [0.3, 0.4) is 0 Å². The Morgan fingerprint density at radius 2 is 2.15 bits per heavy atom. The smallest absolute Gasteiger partial charge is 0.340 e. The Labute approximate surface area is 75.9 Å². The van der Waals surface area contributed by atoms with Crippen molar-refractivity contribution in [2.45, 2.75) is 6.92 Å². The van der Waals surface area contributed by atoms with Crippen molar-refractivity contribution in [3.8, 4) is 5.75 Å². The number of hydrogen-bond acceptors (Lipinski definition) is 4. The van der Waals surface area contributed by atoms with Crippen molar-refractivity contribution in [1.29, 1.82) is 0 Å². The number of aromatic hydroxyl groups is 1. The molecule has 1 aromatic rings. The fourth-order valence-corrected chi connectivity index (χ4v) is 1.06. The summed E-state index contributed by atoms with van der Waals surface area (Å²) in [5, 5.41) is 9.20. The van der Waals surface area contributed by atoms with Gasteiger partial charge in [0.25, 0.3) is 0 Å². The van der Waals surface area contributed by atoms with Gasteiger partial charge in [0.15, 0.2) is 0 Å². The lowest BCUT2D eigenvalue weighted by atomic mass is 10.1. The summed E-state index contributed by atoms with van der Waals surface area (Å²) in [5.74, 6) is -0.538. The van der Waals surface area contributed by atoms with Crippen LogP contribution in [-0.2, 0) is 4.74 Å². The average Bonchev–Trinajstić information content (AvgIpc) is 2.10. The van der Waals surface area contributed by atoms with Crippen LogP contribution >= 0.6 is 0 Å². The summed E-state index contributed by atoms with van der Waals surface area (Å²) in [6.45, 7) is 1.71. The highest BCUT2D eigenvalue weighted by molar-refractivity contribution is 5.96. The van der Waals surface area contributed by atoms with E-state index in [-0.39, 0.29) is 11.3 Å². The highest BCUT2D eigenvalue weighted by Crippen LogP contribution is 2.23. The average molecular weight is 181 g/mol. The van der Waals surface area contributed by atoms with E-state index in [1.165, 1.54) is 19.2 Å². The number of phenolic OH excluding ortho intramolecular Hbond substituents is 1. The molecule has 4 heteroatoms. The van der Waals surface area contributed by atoms with Crippen molar-refractivity contribution in [3.05, 3.63) is 23.3 Å². The van der Waals surface area contributed by atoms with Gasteiger partial charge in [-0.3, -0.25) is 0 Å². The molecular weight excluding hydrogens is 170 g/mol. The first-order valence-electron chi connectivity index (χ1n) is 3.73. The minimum Gasteiger partial charge on any atom is -0.508 e. The van der Waals surface area contributed by atoms with E-state index in [1.807, 2.05) is 0 Å². The third-order valence-electron chi connectivity index (χ3n) is 1.78. The molecule has 0 aliphatic carbocycles. The number of carbonyl (C=O) groups is 1. The Balaban J connectivity index is 3.28. The summed E-state index contributed by atoms with van der Waals surface area (Å²) in [5.41, 5.74) is 6.80. The molecule has 4 nitrogen and oxygen atoms in total. The monoisotopic (exact) mass is 181 g/mol. The van der Waals surface area contributed by atoms with Crippen LogP contribution in [0.25, 0.3) is 0 Å². The molecule has 13 heavy (non-hydrogen) atoms. The van der Waals surface area contributed by atoms with Crippen molar-refractivity contribution < 1.29 is 14.6 Å². The van der Waals surface area contributed by atoms with E-state index in [2.05, 4.69) is 4.74 Å². The highest BCUT2D eigenvalue weighted by atomic mass is 16.5. The second-order valence-corrected chi connectivity index (χ2v) is 2.72. The number of phenols is 1. The second kappa shape index (κ2) is 3.35. The quantitative estimate of drug-likeness (QED) is 0.386. The van der Waals surface area contributed by atoms with Gasteiger partial charge in [-0.15, -0.1) is 0 Å². The number of aryl methyl sites for hydroxylation is 1. The molecule has 0 amide bonds. The molecule has 0 heterocycles. The van der Waals surface area contributed by atoms with Crippen LogP contribution in [0.2, 0.25) is 0 Å². The lowest BCUT2D eigenvalue weighted by Crippen LogP contribution is -2.06. The molecule has 0 atom stereocenters. The van der Waals surface area contributed by atoms with Gasteiger partial charge in [0.05, 0.1) is 12.7 Å². The number of rotatable bonds is 1. The Morgan fingerprint density at radius 1 is 1.54 bits per heavy atom. The molecule has 3 N–H and O–H groups in total. The van der Waals surface area contributed by atoms with Gasteiger partial charge in [0, 0.05) is 5.69 Å². The standard InChI is InChI=1S/C9H11NO3/c1-5-3-6(11)4-7(8(5)10)9(12)13-2/h3-4,11H,10H2,1-2H3. The first-order chi connectivity index (χ1) is 6.06. The fourth-order valence-electron chi connectivity index (χ4n) is 1.06. The first kappa shape index (κ1) is 9.38. The number of hydrogen-bond donors (Lipinski definition) is 2. The molecule has 0 aromatic heterocycles. The van der Waals surface area contributed by atoms with Crippen molar-refractivity contribution in [2.75, 3.05) is 12.8 Å². The zero-order chi connectivity index (χ0) is 10.0. The molecular formula is C9H11NO3.